The molecule has 1 heterocycles. The van der Waals surface area contributed by atoms with Crippen LogP contribution in [0.4, 0.5) is 0 Å². The lowest BCUT2D eigenvalue weighted by Crippen LogP contribution is -2.61. The standard InChI is InChI=1S/C14H22N2O3.C8H8O2.C6H16N2O2/c1-13(2)14(3,4)16(18)12(15(13)17)10-6-8-11(19-5)9-7-10;1-10-8-4-2-7(6-9)3-5-8;1-5(2,7-9)6(3,4)8-10/h6-9,12,17-18H,1-5H3;2-6H,1H3;7-10H,1-4H3. The third-order valence-corrected chi connectivity index (χ3v) is 7.89. The van der Waals surface area contributed by atoms with Crippen molar-refractivity contribution >= 4 is 6.29 Å². The second kappa shape index (κ2) is 13.6. The molecule has 2 aromatic carbocycles. The SMILES string of the molecule is CC(C)(NO)C(C)(C)NO.COc1ccc(C2N(O)C(C)(C)C(C)(C)N2O)cc1.COc1ccc(C=O)cc1. The number of hydrogen-bond acceptors (Lipinski definition) is 11. The number of ether oxygens (including phenoxy) is 2. The van der Waals surface area contributed by atoms with Crippen LogP contribution >= 0.6 is 0 Å². The van der Waals surface area contributed by atoms with Gasteiger partial charge in [0.1, 0.15) is 24.0 Å². The zero-order valence-corrected chi connectivity index (χ0v) is 24.7. The molecule has 0 saturated carbocycles. The summed E-state index contributed by atoms with van der Waals surface area (Å²) in [5.74, 6) is 1.51. The van der Waals surface area contributed by atoms with E-state index >= 15 is 0 Å². The predicted molar refractivity (Wildman–Crippen MR) is 148 cm³/mol. The molecule has 0 atom stereocenters. The zero-order chi connectivity index (χ0) is 30.2. The van der Waals surface area contributed by atoms with Crippen molar-refractivity contribution in [1.29, 1.82) is 0 Å². The minimum Gasteiger partial charge on any atom is -0.497 e. The summed E-state index contributed by atoms with van der Waals surface area (Å²) < 4.78 is 10.0. The largest absolute Gasteiger partial charge is 0.497 e. The van der Waals surface area contributed by atoms with Gasteiger partial charge in [-0.15, -0.1) is 0 Å². The van der Waals surface area contributed by atoms with Crippen LogP contribution in [0.3, 0.4) is 0 Å². The fraction of sp³-hybridized carbons (Fsp3) is 0.536. The molecule has 0 bridgehead atoms. The number of hydroxylamine groups is 6. The molecule has 0 radical (unpaired) electrons. The number of carbonyl (C=O) groups is 1. The van der Waals surface area contributed by atoms with Gasteiger partial charge in [0.25, 0.3) is 0 Å². The molecule has 0 spiro atoms. The van der Waals surface area contributed by atoms with Gasteiger partial charge in [-0.05, 0) is 97.4 Å². The Hall–Kier alpha value is -2.61. The van der Waals surface area contributed by atoms with E-state index in [9.17, 15) is 15.2 Å². The summed E-state index contributed by atoms with van der Waals surface area (Å²) in [6.07, 6.45) is 0.218. The topological polar surface area (TPSA) is 147 Å². The average molecular weight is 551 g/mol. The molecular weight excluding hydrogens is 504 g/mol. The Bertz CT molecular complexity index is 991. The van der Waals surface area contributed by atoms with E-state index in [2.05, 4.69) is 11.0 Å². The molecule has 1 saturated heterocycles. The minimum atomic E-state index is -0.587. The van der Waals surface area contributed by atoms with Gasteiger partial charge in [-0.2, -0.15) is 21.1 Å². The summed E-state index contributed by atoms with van der Waals surface area (Å²) in [4.78, 5) is 10.2. The van der Waals surface area contributed by atoms with Crippen LogP contribution in [0.1, 0.15) is 77.5 Å². The second-order valence-corrected chi connectivity index (χ2v) is 11.3. The van der Waals surface area contributed by atoms with E-state index in [1.54, 1.807) is 66.2 Å². The van der Waals surface area contributed by atoms with Gasteiger partial charge in [0, 0.05) is 5.56 Å². The lowest BCUT2D eigenvalue weighted by molar-refractivity contribution is -0.223. The highest BCUT2D eigenvalue weighted by atomic mass is 16.6. The van der Waals surface area contributed by atoms with Crippen molar-refractivity contribution in [2.75, 3.05) is 14.2 Å². The van der Waals surface area contributed by atoms with Crippen molar-refractivity contribution < 1.29 is 35.1 Å². The molecule has 11 nitrogen and oxygen atoms in total. The lowest BCUT2D eigenvalue weighted by Gasteiger charge is -2.38. The molecule has 220 valence electrons. The van der Waals surface area contributed by atoms with Gasteiger partial charge in [0.15, 0.2) is 0 Å². The van der Waals surface area contributed by atoms with Crippen LogP contribution in [0.15, 0.2) is 48.5 Å². The molecule has 11 heteroatoms. The van der Waals surface area contributed by atoms with Crippen molar-refractivity contribution in [3.63, 3.8) is 0 Å². The van der Waals surface area contributed by atoms with Gasteiger partial charge in [-0.25, -0.2) is 0 Å². The molecule has 1 aliphatic rings. The van der Waals surface area contributed by atoms with Crippen LogP contribution in [0, 0.1) is 0 Å². The van der Waals surface area contributed by atoms with Gasteiger partial charge < -0.3 is 30.3 Å². The van der Waals surface area contributed by atoms with Gasteiger partial charge in [0.2, 0.25) is 0 Å². The monoisotopic (exact) mass is 550 g/mol. The third-order valence-electron chi connectivity index (χ3n) is 7.89. The number of rotatable bonds is 7. The molecular formula is C28H46N4O7. The van der Waals surface area contributed by atoms with Gasteiger partial charge in [-0.1, -0.05) is 12.1 Å². The fourth-order valence-corrected chi connectivity index (χ4v) is 3.30. The molecule has 3 rings (SSSR count). The fourth-order valence-electron chi connectivity index (χ4n) is 3.30. The van der Waals surface area contributed by atoms with Crippen molar-refractivity contribution in [1.82, 2.24) is 21.1 Å². The van der Waals surface area contributed by atoms with E-state index in [4.69, 9.17) is 19.9 Å². The van der Waals surface area contributed by atoms with E-state index in [-0.39, 0.29) is 0 Å². The number of benzene rings is 2. The summed E-state index contributed by atoms with van der Waals surface area (Å²) >= 11 is 0. The van der Waals surface area contributed by atoms with E-state index < -0.39 is 28.3 Å². The Morgan fingerprint density at radius 3 is 1.36 bits per heavy atom. The second-order valence-electron chi connectivity index (χ2n) is 11.3. The minimum absolute atomic E-state index is 0.568. The highest BCUT2D eigenvalue weighted by Gasteiger charge is 2.58. The molecule has 2 aromatic rings. The number of nitrogens with one attached hydrogen (secondary N) is 2. The maximum Gasteiger partial charge on any atom is 0.150 e. The molecule has 1 aliphatic heterocycles. The van der Waals surface area contributed by atoms with Crippen LogP contribution in [-0.2, 0) is 0 Å². The van der Waals surface area contributed by atoms with Crippen LogP contribution in [0.2, 0.25) is 0 Å². The van der Waals surface area contributed by atoms with Crippen molar-refractivity contribution in [3.05, 3.63) is 59.7 Å². The first-order valence-corrected chi connectivity index (χ1v) is 12.5. The third kappa shape index (κ3) is 7.74. The van der Waals surface area contributed by atoms with E-state index in [1.165, 1.54) is 10.1 Å². The smallest absolute Gasteiger partial charge is 0.150 e. The highest BCUT2D eigenvalue weighted by Crippen LogP contribution is 2.47. The summed E-state index contributed by atoms with van der Waals surface area (Å²) in [6.45, 7) is 14.7. The number of aldehydes is 1. The van der Waals surface area contributed by atoms with E-state index in [1.807, 2.05) is 52.0 Å². The summed E-state index contributed by atoms with van der Waals surface area (Å²) in [5.41, 5.74) is 3.41. The highest BCUT2D eigenvalue weighted by molar-refractivity contribution is 5.74. The van der Waals surface area contributed by atoms with Crippen molar-refractivity contribution in [3.8, 4) is 11.5 Å². The van der Waals surface area contributed by atoms with Gasteiger partial charge in [-0.3, -0.25) is 4.79 Å². The molecule has 0 aliphatic carbocycles. The maximum atomic E-state index is 10.4. The summed E-state index contributed by atoms with van der Waals surface area (Å²) in [7, 11) is 3.20. The Balaban J connectivity index is 0.000000323. The first-order valence-electron chi connectivity index (χ1n) is 12.5. The zero-order valence-electron chi connectivity index (χ0n) is 24.7. The first-order chi connectivity index (χ1) is 18.0. The quantitative estimate of drug-likeness (QED) is 0.211. The Morgan fingerprint density at radius 2 is 1.08 bits per heavy atom. The average Bonchev–Trinajstić information content (AvgIpc) is 3.05. The molecule has 0 aromatic heterocycles. The van der Waals surface area contributed by atoms with Crippen molar-refractivity contribution in [2.24, 2.45) is 0 Å². The lowest BCUT2D eigenvalue weighted by atomic mass is 9.84. The molecule has 39 heavy (non-hydrogen) atoms. The summed E-state index contributed by atoms with van der Waals surface area (Å²) in [6, 6.07) is 14.2. The maximum absolute atomic E-state index is 10.4. The van der Waals surface area contributed by atoms with Gasteiger partial charge in [0.05, 0.1) is 36.4 Å². The molecule has 0 amide bonds. The number of hydrogen-bond donors (Lipinski definition) is 6. The first kappa shape index (κ1) is 34.4. The normalized spacial score (nSPS) is 17.4. The predicted octanol–water partition coefficient (Wildman–Crippen LogP) is 4.66. The van der Waals surface area contributed by atoms with Crippen LogP contribution < -0.4 is 20.4 Å². The van der Waals surface area contributed by atoms with E-state index in [0.29, 0.717) is 5.56 Å². The Labute approximate surface area is 231 Å². The molecule has 6 N–H and O–H groups in total. The number of methoxy groups -OCH3 is 2. The van der Waals surface area contributed by atoms with Crippen LogP contribution in [-0.4, -0.2) is 73.6 Å². The molecule has 1 fully saturated rings. The Kier molecular flexibility index (Phi) is 12.0. The number of nitrogens with zero attached hydrogens (tertiary/aromatic N) is 2. The number of carbonyl (C=O) groups excluding carboxylic acids is 1. The molecule has 0 unspecified atom stereocenters. The van der Waals surface area contributed by atoms with Crippen LogP contribution in [0.5, 0.6) is 11.5 Å². The summed E-state index contributed by atoms with van der Waals surface area (Å²) in [5, 5.41) is 40.5. The van der Waals surface area contributed by atoms with E-state index in [0.717, 1.165) is 23.3 Å². The Morgan fingerprint density at radius 1 is 0.744 bits per heavy atom. The van der Waals surface area contributed by atoms with Crippen LogP contribution in [0.25, 0.3) is 0 Å². The van der Waals surface area contributed by atoms with Gasteiger partial charge >= 0.3 is 0 Å². The van der Waals surface area contributed by atoms with Crippen molar-refractivity contribution in [2.45, 2.75) is 83.7 Å².